The first-order valence-electron chi connectivity index (χ1n) is 6.75. The molecule has 0 saturated heterocycles. The molecule has 1 heterocycles. The maximum Gasteiger partial charge on any atom is 0.326 e. The van der Waals surface area contributed by atoms with Crippen LogP contribution in [0.5, 0.6) is 0 Å². The highest BCUT2D eigenvalue weighted by molar-refractivity contribution is 7.99. The van der Waals surface area contributed by atoms with E-state index in [9.17, 15) is 9.59 Å². The molecule has 0 aliphatic heterocycles. The lowest BCUT2D eigenvalue weighted by Gasteiger charge is -2.16. The molecule has 6 nitrogen and oxygen atoms in total. The van der Waals surface area contributed by atoms with E-state index in [2.05, 4.69) is 15.3 Å². The maximum absolute atomic E-state index is 11.8. The number of aryl methyl sites for hydroxylation is 2. The van der Waals surface area contributed by atoms with E-state index in [-0.39, 0.29) is 17.6 Å². The zero-order valence-electron chi connectivity index (χ0n) is 12.7. The molecule has 0 bridgehead atoms. The number of amides is 1. The van der Waals surface area contributed by atoms with E-state index in [0.29, 0.717) is 11.6 Å². The molecule has 116 valence electrons. The van der Waals surface area contributed by atoms with E-state index in [4.69, 9.17) is 5.11 Å². The monoisotopic (exact) mass is 311 g/mol. The molecule has 0 aromatic carbocycles. The number of hydrogen-bond acceptors (Lipinski definition) is 5. The third-order valence-corrected chi connectivity index (χ3v) is 3.48. The van der Waals surface area contributed by atoms with Crippen LogP contribution in [0.2, 0.25) is 0 Å². The SMILES string of the molecule is Cc1cc(C)nc(SCC(=O)N[C@@H](CC(C)C)C(=O)O)n1. The Kier molecular flexibility index (Phi) is 6.61. The van der Waals surface area contributed by atoms with Crippen molar-refractivity contribution in [3.8, 4) is 0 Å². The van der Waals surface area contributed by atoms with Crippen LogP contribution in [-0.4, -0.2) is 38.7 Å². The van der Waals surface area contributed by atoms with Crippen molar-refractivity contribution in [2.75, 3.05) is 5.75 Å². The molecular formula is C14H21N3O3S. The first-order chi connectivity index (χ1) is 9.77. The van der Waals surface area contributed by atoms with Gasteiger partial charge in [0, 0.05) is 11.4 Å². The first-order valence-corrected chi connectivity index (χ1v) is 7.73. The van der Waals surface area contributed by atoms with Gasteiger partial charge in [-0.1, -0.05) is 25.6 Å². The van der Waals surface area contributed by atoms with Gasteiger partial charge in [0.05, 0.1) is 5.75 Å². The molecule has 1 aromatic heterocycles. The fourth-order valence-corrected chi connectivity index (χ4v) is 2.58. The standard InChI is InChI=1S/C14H21N3O3S/c1-8(2)5-11(13(19)20)17-12(18)7-21-14-15-9(3)6-10(4)16-14/h6,8,11H,5,7H2,1-4H3,(H,17,18)(H,19,20)/t11-/m0/s1. The summed E-state index contributed by atoms with van der Waals surface area (Å²) in [7, 11) is 0. The lowest BCUT2D eigenvalue weighted by Crippen LogP contribution is -2.42. The maximum atomic E-state index is 11.8. The molecule has 0 aliphatic rings. The number of rotatable bonds is 7. The Morgan fingerprint density at radius 2 is 1.86 bits per heavy atom. The second kappa shape index (κ2) is 7.97. The van der Waals surface area contributed by atoms with Crippen molar-refractivity contribution in [1.82, 2.24) is 15.3 Å². The average Bonchev–Trinajstić information content (AvgIpc) is 2.33. The molecule has 1 rings (SSSR count). The number of carbonyl (C=O) groups is 2. The molecule has 1 atom stereocenters. The normalized spacial score (nSPS) is 12.2. The lowest BCUT2D eigenvalue weighted by atomic mass is 10.0. The van der Waals surface area contributed by atoms with E-state index < -0.39 is 12.0 Å². The van der Waals surface area contributed by atoms with Crippen molar-refractivity contribution in [2.45, 2.75) is 45.3 Å². The summed E-state index contributed by atoms with van der Waals surface area (Å²) in [5.41, 5.74) is 1.68. The summed E-state index contributed by atoms with van der Waals surface area (Å²) in [5, 5.41) is 12.1. The van der Waals surface area contributed by atoms with Crippen LogP contribution in [0.25, 0.3) is 0 Å². The van der Waals surface area contributed by atoms with Crippen molar-refractivity contribution >= 4 is 23.6 Å². The molecule has 21 heavy (non-hydrogen) atoms. The predicted octanol–water partition coefficient (Wildman–Crippen LogP) is 1.80. The Hall–Kier alpha value is -1.63. The Bertz CT molecular complexity index is 500. The number of nitrogens with zero attached hydrogens (tertiary/aromatic N) is 2. The molecule has 0 saturated carbocycles. The van der Waals surface area contributed by atoms with Gasteiger partial charge in [0.1, 0.15) is 6.04 Å². The number of nitrogens with one attached hydrogen (secondary N) is 1. The number of carboxylic acid groups (broad SMARTS) is 1. The highest BCUT2D eigenvalue weighted by Crippen LogP contribution is 2.14. The number of carboxylic acids is 1. The smallest absolute Gasteiger partial charge is 0.326 e. The molecule has 0 fully saturated rings. The van der Waals surface area contributed by atoms with E-state index in [1.807, 2.05) is 33.8 Å². The van der Waals surface area contributed by atoms with Gasteiger partial charge in [-0.2, -0.15) is 0 Å². The van der Waals surface area contributed by atoms with Gasteiger partial charge in [0.2, 0.25) is 5.91 Å². The Balaban J connectivity index is 2.54. The van der Waals surface area contributed by atoms with Gasteiger partial charge in [-0.3, -0.25) is 4.79 Å². The van der Waals surface area contributed by atoms with Crippen LogP contribution < -0.4 is 5.32 Å². The number of hydrogen-bond donors (Lipinski definition) is 2. The summed E-state index contributed by atoms with van der Waals surface area (Å²) in [5.74, 6) is -1.03. The topological polar surface area (TPSA) is 92.2 Å². The number of aliphatic carboxylic acids is 1. The second-order valence-corrected chi connectivity index (χ2v) is 6.25. The van der Waals surface area contributed by atoms with Gasteiger partial charge < -0.3 is 10.4 Å². The lowest BCUT2D eigenvalue weighted by molar-refractivity contribution is -0.141. The fraction of sp³-hybridized carbons (Fsp3) is 0.571. The van der Waals surface area contributed by atoms with Gasteiger partial charge in [0.25, 0.3) is 0 Å². The minimum Gasteiger partial charge on any atom is -0.480 e. The van der Waals surface area contributed by atoms with E-state index in [0.717, 1.165) is 11.4 Å². The van der Waals surface area contributed by atoms with Crippen molar-refractivity contribution in [1.29, 1.82) is 0 Å². The number of thioether (sulfide) groups is 1. The minimum absolute atomic E-state index is 0.102. The van der Waals surface area contributed by atoms with Gasteiger partial charge >= 0.3 is 5.97 Å². The van der Waals surface area contributed by atoms with Crippen molar-refractivity contribution in [2.24, 2.45) is 5.92 Å². The van der Waals surface area contributed by atoms with Gasteiger partial charge in [-0.25, -0.2) is 14.8 Å². The van der Waals surface area contributed by atoms with E-state index in [1.54, 1.807) is 0 Å². The molecule has 2 N–H and O–H groups in total. The molecule has 0 aliphatic carbocycles. The summed E-state index contributed by atoms with van der Waals surface area (Å²) in [6.07, 6.45) is 0.409. The van der Waals surface area contributed by atoms with Crippen LogP contribution in [0.4, 0.5) is 0 Å². The molecule has 1 aromatic rings. The van der Waals surface area contributed by atoms with Crippen molar-refractivity contribution < 1.29 is 14.7 Å². The third-order valence-electron chi connectivity index (χ3n) is 2.63. The van der Waals surface area contributed by atoms with Crippen LogP contribution in [0.15, 0.2) is 11.2 Å². The van der Waals surface area contributed by atoms with Crippen LogP contribution in [0.1, 0.15) is 31.7 Å². The summed E-state index contributed by atoms with van der Waals surface area (Å²) in [6.45, 7) is 7.56. The van der Waals surface area contributed by atoms with Crippen LogP contribution >= 0.6 is 11.8 Å². The van der Waals surface area contributed by atoms with Crippen LogP contribution in [0, 0.1) is 19.8 Å². The molecule has 0 spiro atoms. The molecule has 0 radical (unpaired) electrons. The minimum atomic E-state index is -1.01. The van der Waals surface area contributed by atoms with E-state index >= 15 is 0 Å². The third kappa shape index (κ3) is 6.57. The summed E-state index contributed by atoms with van der Waals surface area (Å²) < 4.78 is 0. The fourth-order valence-electron chi connectivity index (χ4n) is 1.82. The summed E-state index contributed by atoms with van der Waals surface area (Å²) in [6, 6.07) is 1.01. The zero-order valence-corrected chi connectivity index (χ0v) is 13.5. The molecule has 0 unspecified atom stereocenters. The molecule has 1 amide bonds. The molecular weight excluding hydrogens is 290 g/mol. The summed E-state index contributed by atoms with van der Waals surface area (Å²) in [4.78, 5) is 31.4. The molecule has 7 heteroatoms. The number of aromatic nitrogens is 2. The van der Waals surface area contributed by atoms with Gasteiger partial charge in [-0.15, -0.1) is 0 Å². The largest absolute Gasteiger partial charge is 0.480 e. The van der Waals surface area contributed by atoms with E-state index in [1.165, 1.54) is 11.8 Å². The number of carbonyl (C=O) groups excluding carboxylic acids is 1. The quantitative estimate of drug-likeness (QED) is 0.589. The Labute approximate surface area is 128 Å². The Morgan fingerprint density at radius 1 is 1.29 bits per heavy atom. The van der Waals surface area contributed by atoms with Crippen LogP contribution in [-0.2, 0) is 9.59 Å². The van der Waals surface area contributed by atoms with Crippen molar-refractivity contribution in [3.05, 3.63) is 17.5 Å². The van der Waals surface area contributed by atoms with Crippen LogP contribution in [0.3, 0.4) is 0 Å². The van der Waals surface area contributed by atoms with Gasteiger partial charge in [-0.05, 0) is 32.3 Å². The second-order valence-electron chi connectivity index (χ2n) is 5.31. The zero-order chi connectivity index (χ0) is 16.0. The Morgan fingerprint density at radius 3 is 2.33 bits per heavy atom. The highest BCUT2D eigenvalue weighted by atomic mass is 32.2. The predicted molar refractivity (Wildman–Crippen MR) is 81.3 cm³/mol. The highest BCUT2D eigenvalue weighted by Gasteiger charge is 2.21. The van der Waals surface area contributed by atoms with Crippen molar-refractivity contribution in [3.63, 3.8) is 0 Å². The first kappa shape index (κ1) is 17.4. The average molecular weight is 311 g/mol. The summed E-state index contributed by atoms with van der Waals surface area (Å²) >= 11 is 1.20. The van der Waals surface area contributed by atoms with Gasteiger partial charge in [0.15, 0.2) is 5.16 Å².